The first-order valence-electron chi connectivity index (χ1n) is 4.00. The average molecular weight is 196 g/mol. The maximum absolute atomic E-state index is 12.0. The molecule has 0 aromatic rings. The first-order chi connectivity index (χ1) is 5.90. The average Bonchev–Trinajstić information content (AvgIpc) is 2.31. The van der Waals surface area contributed by atoms with Crippen molar-refractivity contribution in [3.05, 3.63) is 0 Å². The first kappa shape index (κ1) is 10.3. The molecular weight excluding hydrogens is 185 g/mol. The third-order valence-electron chi connectivity index (χ3n) is 2.07. The van der Waals surface area contributed by atoms with Gasteiger partial charge in [0, 0.05) is 0 Å². The molecule has 13 heavy (non-hydrogen) atoms. The van der Waals surface area contributed by atoms with Crippen LogP contribution < -0.4 is 5.73 Å². The number of nitrogens with two attached hydrogens (primary N) is 1. The van der Waals surface area contributed by atoms with Crippen LogP contribution in [0.25, 0.3) is 0 Å². The molecule has 0 radical (unpaired) electrons. The number of hydrogen-bond acceptors (Lipinski definition) is 2. The Balaban J connectivity index is 2.54. The fraction of sp³-hybridized carbons (Fsp3) is 0.857. The highest BCUT2D eigenvalue weighted by atomic mass is 19.4. The summed E-state index contributed by atoms with van der Waals surface area (Å²) in [6.07, 6.45) is -3.22. The number of carbonyl (C=O) groups is 1. The number of hydrogen-bond donors (Lipinski definition) is 1. The molecule has 0 aromatic carbocycles. The normalized spacial score (nSPS) is 25.0. The Labute approximate surface area is 73.7 Å². The van der Waals surface area contributed by atoms with Crippen molar-refractivity contribution >= 4 is 5.91 Å². The molecule has 0 saturated carbocycles. The highest BCUT2D eigenvalue weighted by Gasteiger charge is 2.37. The Bertz CT molecular complexity index is 204. The van der Waals surface area contributed by atoms with Crippen molar-refractivity contribution in [1.82, 2.24) is 4.90 Å². The van der Waals surface area contributed by atoms with E-state index in [2.05, 4.69) is 0 Å². The molecule has 1 atom stereocenters. The fourth-order valence-corrected chi connectivity index (χ4v) is 1.57. The quantitative estimate of drug-likeness (QED) is 0.699. The van der Waals surface area contributed by atoms with Gasteiger partial charge in [0.15, 0.2) is 0 Å². The number of alkyl halides is 3. The topological polar surface area (TPSA) is 46.3 Å². The highest BCUT2D eigenvalue weighted by Crippen LogP contribution is 2.23. The van der Waals surface area contributed by atoms with Crippen molar-refractivity contribution in [2.45, 2.75) is 25.1 Å². The van der Waals surface area contributed by atoms with Gasteiger partial charge < -0.3 is 5.73 Å². The summed E-state index contributed by atoms with van der Waals surface area (Å²) in [5.74, 6) is -0.665. The van der Waals surface area contributed by atoms with Crippen LogP contribution >= 0.6 is 0 Å². The number of likely N-dealkylation sites (tertiary alicyclic amines) is 1. The lowest BCUT2D eigenvalue weighted by atomic mass is 10.2. The van der Waals surface area contributed by atoms with Gasteiger partial charge in [0.2, 0.25) is 5.91 Å². The Morgan fingerprint density at radius 2 is 2.15 bits per heavy atom. The molecule has 1 amide bonds. The smallest absolute Gasteiger partial charge is 0.368 e. The SMILES string of the molecule is NC(=O)[C@H]1CCCN1CC(F)(F)F. The minimum atomic E-state index is -4.25. The fourth-order valence-electron chi connectivity index (χ4n) is 1.57. The molecule has 1 fully saturated rings. The Morgan fingerprint density at radius 1 is 1.54 bits per heavy atom. The summed E-state index contributed by atoms with van der Waals surface area (Å²) >= 11 is 0. The van der Waals surface area contributed by atoms with Crippen LogP contribution in [-0.2, 0) is 4.79 Å². The van der Waals surface area contributed by atoms with Gasteiger partial charge in [0.05, 0.1) is 12.6 Å². The third kappa shape index (κ3) is 2.87. The number of primary amides is 1. The first-order valence-corrected chi connectivity index (χ1v) is 4.00. The summed E-state index contributed by atoms with van der Waals surface area (Å²) in [7, 11) is 0. The monoisotopic (exact) mass is 196 g/mol. The lowest BCUT2D eigenvalue weighted by Crippen LogP contribution is -2.44. The minimum Gasteiger partial charge on any atom is -0.368 e. The van der Waals surface area contributed by atoms with Crippen molar-refractivity contribution in [3.63, 3.8) is 0 Å². The number of nitrogens with zero attached hydrogens (tertiary/aromatic N) is 1. The van der Waals surface area contributed by atoms with E-state index in [0.717, 1.165) is 4.90 Å². The van der Waals surface area contributed by atoms with Gasteiger partial charge in [-0.1, -0.05) is 0 Å². The van der Waals surface area contributed by atoms with Gasteiger partial charge in [-0.05, 0) is 19.4 Å². The van der Waals surface area contributed by atoms with Crippen LogP contribution in [0.4, 0.5) is 13.2 Å². The van der Waals surface area contributed by atoms with Crippen LogP contribution in [0, 0.1) is 0 Å². The van der Waals surface area contributed by atoms with Crippen molar-refractivity contribution in [2.24, 2.45) is 5.73 Å². The summed E-state index contributed by atoms with van der Waals surface area (Å²) in [6.45, 7) is -0.742. The van der Waals surface area contributed by atoms with Crippen LogP contribution in [-0.4, -0.2) is 36.1 Å². The van der Waals surface area contributed by atoms with E-state index in [1.165, 1.54) is 0 Å². The number of rotatable bonds is 2. The summed E-state index contributed by atoms with van der Waals surface area (Å²) in [4.78, 5) is 11.8. The molecule has 0 aliphatic carbocycles. The van der Waals surface area contributed by atoms with Crippen LogP contribution in [0.15, 0.2) is 0 Å². The van der Waals surface area contributed by atoms with Gasteiger partial charge in [0.1, 0.15) is 0 Å². The zero-order valence-corrected chi connectivity index (χ0v) is 6.97. The molecule has 1 rings (SSSR count). The van der Waals surface area contributed by atoms with Gasteiger partial charge in [-0.25, -0.2) is 0 Å². The maximum atomic E-state index is 12.0. The lowest BCUT2D eigenvalue weighted by molar-refractivity contribution is -0.150. The van der Waals surface area contributed by atoms with Gasteiger partial charge in [-0.15, -0.1) is 0 Å². The lowest BCUT2D eigenvalue weighted by Gasteiger charge is -2.22. The molecule has 1 heterocycles. The van der Waals surface area contributed by atoms with Crippen LogP contribution in [0.1, 0.15) is 12.8 Å². The summed E-state index contributed by atoms with van der Waals surface area (Å²) < 4.78 is 35.9. The number of amides is 1. The van der Waals surface area contributed by atoms with E-state index < -0.39 is 24.7 Å². The molecular formula is C7H11F3N2O. The van der Waals surface area contributed by atoms with Crippen LogP contribution in [0.5, 0.6) is 0 Å². The maximum Gasteiger partial charge on any atom is 0.401 e. The Morgan fingerprint density at radius 3 is 2.62 bits per heavy atom. The molecule has 0 spiro atoms. The zero-order valence-electron chi connectivity index (χ0n) is 6.97. The molecule has 0 unspecified atom stereocenters. The second kappa shape index (κ2) is 3.53. The van der Waals surface area contributed by atoms with Crippen molar-refractivity contribution in [1.29, 1.82) is 0 Å². The van der Waals surface area contributed by atoms with E-state index in [0.29, 0.717) is 19.4 Å². The molecule has 0 aromatic heterocycles. The minimum absolute atomic E-state index is 0.299. The molecule has 3 nitrogen and oxygen atoms in total. The molecule has 1 aliphatic rings. The van der Waals surface area contributed by atoms with Crippen molar-refractivity contribution in [3.8, 4) is 0 Å². The summed E-state index contributed by atoms with van der Waals surface area (Å²) in [5.41, 5.74) is 4.96. The summed E-state index contributed by atoms with van der Waals surface area (Å²) in [6, 6.07) is -0.735. The molecule has 1 aliphatic heterocycles. The van der Waals surface area contributed by atoms with E-state index in [4.69, 9.17) is 5.73 Å². The standard InChI is InChI=1S/C7H11F3N2O/c8-7(9,10)4-12-3-1-2-5(12)6(11)13/h5H,1-4H2,(H2,11,13)/t5-/m1/s1. The highest BCUT2D eigenvalue weighted by molar-refractivity contribution is 5.80. The van der Waals surface area contributed by atoms with Crippen LogP contribution in [0.3, 0.4) is 0 Å². The van der Waals surface area contributed by atoms with Gasteiger partial charge >= 0.3 is 6.18 Å². The van der Waals surface area contributed by atoms with E-state index in [1.54, 1.807) is 0 Å². The van der Waals surface area contributed by atoms with Crippen molar-refractivity contribution < 1.29 is 18.0 Å². The molecule has 0 bridgehead atoms. The molecule has 6 heteroatoms. The largest absolute Gasteiger partial charge is 0.401 e. The molecule has 2 N–H and O–H groups in total. The van der Waals surface area contributed by atoms with Gasteiger partial charge in [0.25, 0.3) is 0 Å². The molecule has 1 saturated heterocycles. The van der Waals surface area contributed by atoms with E-state index in [1.807, 2.05) is 0 Å². The second-order valence-electron chi connectivity index (χ2n) is 3.15. The van der Waals surface area contributed by atoms with E-state index >= 15 is 0 Å². The molecule has 76 valence electrons. The Kier molecular flexibility index (Phi) is 2.80. The zero-order chi connectivity index (χ0) is 10.1. The summed E-state index contributed by atoms with van der Waals surface area (Å²) in [5, 5.41) is 0. The van der Waals surface area contributed by atoms with Crippen molar-refractivity contribution in [2.75, 3.05) is 13.1 Å². The second-order valence-corrected chi connectivity index (χ2v) is 3.15. The Hall–Kier alpha value is -0.780. The predicted molar refractivity (Wildman–Crippen MR) is 39.8 cm³/mol. The van der Waals surface area contributed by atoms with Gasteiger partial charge in [-0.3, -0.25) is 9.69 Å². The van der Waals surface area contributed by atoms with E-state index in [-0.39, 0.29) is 0 Å². The number of carbonyl (C=O) groups excluding carboxylic acids is 1. The van der Waals surface area contributed by atoms with Gasteiger partial charge in [-0.2, -0.15) is 13.2 Å². The number of halogens is 3. The third-order valence-corrected chi connectivity index (χ3v) is 2.07. The van der Waals surface area contributed by atoms with Crippen LogP contribution in [0.2, 0.25) is 0 Å². The van der Waals surface area contributed by atoms with E-state index in [9.17, 15) is 18.0 Å². The predicted octanol–water partition coefficient (Wildman–Crippen LogP) is 0.498.